The lowest BCUT2D eigenvalue weighted by molar-refractivity contribution is 0.341. The van der Waals surface area contributed by atoms with Gasteiger partial charge in [-0.2, -0.15) is 0 Å². The summed E-state index contributed by atoms with van der Waals surface area (Å²) < 4.78 is 30.5. The molecule has 0 atom stereocenters. The van der Waals surface area contributed by atoms with E-state index in [0.717, 1.165) is 4.47 Å². The molecule has 20 heavy (non-hydrogen) atoms. The van der Waals surface area contributed by atoms with Crippen molar-refractivity contribution >= 4 is 31.5 Å². The van der Waals surface area contributed by atoms with Crippen LogP contribution >= 0.6 is 15.9 Å². The molecule has 0 saturated heterocycles. The molecule has 0 aliphatic rings. The van der Waals surface area contributed by atoms with E-state index in [-0.39, 0.29) is 22.9 Å². The zero-order valence-electron chi connectivity index (χ0n) is 10.5. The molecular weight excluding hydrogens is 344 g/mol. The van der Waals surface area contributed by atoms with Gasteiger partial charge in [0.25, 0.3) is 0 Å². The van der Waals surface area contributed by atoms with E-state index in [0.29, 0.717) is 5.75 Å². The van der Waals surface area contributed by atoms with Crippen LogP contribution in [-0.4, -0.2) is 25.8 Å². The van der Waals surface area contributed by atoms with E-state index < -0.39 is 9.84 Å². The van der Waals surface area contributed by atoms with E-state index in [1.807, 2.05) is 12.1 Å². The highest BCUT2D eigenvalue weighted by Gasteiger charge is 2.17. The van der Waals surface area contributed by atoms with Crippen LogP contribution in [0, 0.1) is 0 Å². The van der Waals surface area contributed by atoms with Gasteiger partial charge < -0.3 is 10.5 Å². The number of sulfone groups is 1. The van der Waals surface area contributed by atoms with Crippen molar-refractivity contribution in [1.29, 1.82) is 0 Å². The minimum Gasteiger partial charge on any atom is -0.493 e. The summed E-state index contributed by atoms with van der Waals surface area (Å²) in [4.78, 5) is 3.86. The van der Waals surface area contributed by atoms with Crippen molar-refractivity contribution in [1.82, 2.24) is 4.98 Å². The fraction of sp³-hybridized carbons (Fsp3) is 0.154. The van der Waals surface area contributed by atoms with Crippen LogP contribution in [0.5, 0.6) is 5.75 Å². The van der Waals surface area contributed by atoms with Gasteiger partial charge in [0.2, 0.25) is 0 Å². The molecule has 0 amide bonds. The van der Waals surface area contributed by atoms with Crippen molar-refractivity contribution in [3.05, 3.63) is 47.2 Å². The number of hydrogen-bond donors (Lipinski definition) is 1. The largest absolute Gasteiger partial charge is 0.493 e. The topological polar surface area (TPSA) is 82.3 Å². The van der Waals surface area contributed by atoms with Gasteiger partial charge in [0.1, 0.15) is 12.4 Å². The van der Waals surface area contributed by atoms with Gasteiger partial charge in [-0.3, -0.25) is 4.98 Å². The number of aromatic nitrogens is 1. The number of ether oxygens (including phenoxy) is 1. The standard InChI is InChI=1S/C13H13BrN2O3S/c14-10-1-3-11(4-2-10)19-7-8-20(17,18)13-5-6-16-9-12(13)15/h1-6,9H,7-8,15H2. The molecule has 1 heterocycles. The summed E-state index contributed by atoms with van der Waals surface area (Å²) in [6, 6.07) is 8.56. The van der Waals surface area contributed by atoms with Gasteiger partial charge in [-0.25, -0.2) is 8.42 Å². The first-order valence-corrected chi connectivity index (χ1v) is 8.24. The molecule has 7 heteroatoms. The second-order valence-corrected chi connectivity index (χ2v) is 7.03. The predicted molar refractivity (Wildman–Crippen MR) is 80.3 cm³/mol. The molecule has 2 N–H and O–H groups in total. The van der Waals surface area contributed by atoms with Gasteiger partial charge >= 0.3 is 0 Å². The Balaban J connectivity index is 2.00. The van der Waals surface area contributed by atoms with Crippen molar-refractivity contribution in [3.63, 3.8) is 0 Å². The number of nitrogens with two attached hydrogens (primary N) is 1. The first-order chi connectivity index (χ1) is 9.49. The van der Waals surface area contributed by atoms with Crippen LogP contribution in [0.1, 0.15) is 0 Å². The fourth-order valence-corrected chi connectivity index (χ4v) is 3.05. The number of pyridine rings is 1. The monoisotopic (exact) mass is 356 g/mol. The molecule has 0 unspecified atom stereocenters. The molecule has 1 aromatic carbocycles. The summed E-state index contributed by atoms with van der Waals surface area (Å²) in [7, 11) is -3.47. The van der Waals surface area contributed by atoms with E-state index in [4.69, 9.17) is 10.5 Å². The Morgan fingerprint density at radius 1 is 1.20 bits per heavy atom. The van der Waals surface area contributed by atoms with Crippen LogP contribution < -0.4 is 10.5 Å². The number of nitrogen functional groups attached to an aromatic ring is 1. The Bertz CT molecular complexity index is 687. The Hall–Kier alpha value is -1.60. The zero-order chi connectivity index (χ0) is 14.6. The van der Waals surface area contributed by atoms with Crippen LogP contribution in [0.4, 0.5) is 5.69 Å². The zero-order valence-corrected chi connectivity index (χ0v) is 12.9. The Morgan fingerprint density at radius 2 is 1.90 bits per heavy atom. The first-order valence-electron chi connectivity index (χ1n) is 5.80. The molecule has 5 nitrogen and oxygen atoms in total. The van der Waals surface area contributed by atoms with E-state index in [2.05, 4.69) is 20.9 Å². The maximum Gasteiger partial charge on any atom is 0.183 e. The predicted octanol–water partition coefficient (Wildman–Crippen LogP) is 2.28. The number of halogens is 1. The summed E-state index contributed by atoms with van der Waals surface area (Å²) in [5.74, 6) is 0.475. The molecule has 106 valence electrons. The van der Waals surface area contributed by atoms with Gasteiger partial charge in [-0.05, 0) is 30.3 Å². The average Bonchev–Trinajstić information content (AvgIpc) is 2.41. The average molecular weight is 357 g/mol. The second kappa shape index (κ2) is 6.23. The summed E-state index contributed by atoms with van der Waals surface area (Å²) >= 11 is 3.31. The lowest BCUT2D eigenvalue weighted by atomic mass is 10.3. The summed E-state index contributed by atoms with van der Waals surface area (Å²) in [5.41, 5.74) is 5.77. The van der Waals surface area contributed by atoms with Gasteiger partial charge in [-0.15, -0.1) is 0 Å². The van der Waals surface area contributed by atoms with E-state index in [9.17, 15) is 8.42 Å². The van der Waals surface area contributed by atoms with Crippen LogP contribution in [-0.2, 0) is 9.84 Å². The number of anilines is 1. The number of hydrogen-bond acceptors (Lipinski definition) is 5. The van der Waals surface area contributed by atoms with Crippen molar-refractivity contribution in [3.8, 4) is 5.75 Å². The lowest BCUT2D eigenvalue weighted by Gasteiger charge is -2.08. The maximum atomic E-state index is 12.1. The lowest BCUT2D eigenvalue weighted by Crippen LogP contribution is -2.15. The number of nitrogens with zero attached hydrogens (tertiary/aromatic N) is 1. The van der Waals surface area contributed by atoms with E-state index >= 15 is 0 Å². The molecule has 0 spiro atoms. The molecule has 0 aliphatic heterocycles. The highest BCUT2D eigenvalue weighted by Crippen LogP contribution is 2.19. The van der Waals surface area contributed by atoms with Crippen LogP contribution in [0.2, 0.25) is 0 Å². The number of rotatable bonds is 5. The third-order valence-electron chi connectivity index (χ3n) is 2.58. The molecule has 0 fully saturated rings. The minimum absolute atomic E-state index is 0.0612. The molecule has 0 saturated carbocycles. The third kappa shape index (κ3) is 3.71. The van der Waals surface area contributed by atoms with Gasteiger partial charge in [0, 0.05) is 10.7 Å². The highest BCUT2D eigenvalue weighted by molar-refractivity contribution is 9.10. The molecule has 2 rings (SSSR count). The normalized spacial score (nSPS) is 11.2. The summed E-state index contributed by atoms with van der Waals surface area (Å²) in [6.07, 6.45) is 2.72. The molecule has 0 bridgehead atoms. The number of benzene rings is 1. The SMILES string of the molecule is Nc1cnccc1S(=O)(=O)CCOc1ccc(Br)cc1. The molecule has 0 aliphatic carbocycles. The Labute approximate surface area is 125 Å². The van der Waals surface area contributed by atoms with Crippen molar-refractivity contribution in [2.24, 2.45) is 0 Å². The van der Waals surface area contributed by atoms with Crippen molar-refractivity contribution in [2.75, 3.05) is 18.1 Å². The maximum absolute atomic E-state index is 12.1. The van der Waals surface area contributed by atoms with Crippen molar-refractivity contribution in [2.45, 2.75) is 4.90 Å². The third-order valence-corrected chi connectivity index (χ3v) is 4.85. The molecular formula is C13H13BrN2O3S. The molecule has 1 aromatic heterocycles. The van der Waals surface area contributed by atoms with Crippen LogP contribution in [0.25, 0.3) is 0 Å². The van der Waals surface area contributed by atoms with Gasteiger partial charge in [0.15, 0.2) is 9.84 Å². The minimum atomic E-state index is -3.47. The quantitative estimate of drug-likeness (QED) is 0.888. The summed E-state index contributed by atoms with van der Waals surface area (Å²) in [5, 5.41) is 0. The Morgan fingerprint density at radius 3 is 2.55 bits per heavy atom. The second-order valence-electron chi connectivity index (χ2n) is 4.03. The highest BCUT2D eigenvalue weighted by atomic mass is 79.9. The molecule has 2 aromatic rings. The van der Waals surface area contributed by atoms with E-state index in [1.165, 1.54) is 18.5 Å². The first kappa shape index (κ1) is 14.8. The Kier molecular flexibility index (Phi) is 4.61. The fourth-order valence-electron chi connectivity index (χ4n) is 1.59. The van der Waals surface area contributed by atoms with Crippen LogP contribution in [0.3, 0.4) is 0 Å². The van der Waals surface area contributed by atoms with Gasteiger partial charge in [0.05, 0.1) is 22.5 Å². The van der Waals surface area contributed by atoms with Crippen molar-refractivity contribution < 1.29 is 13.2 Å². The van der Waals surface area contributed by atoms with Crippen LogP contribution in [0.15, 0.2) is 52.1 Å². The van der Waals surface area contributed by atoms with Gasteiger partial charge in [-0.1, -0.05) is 15.9 Å². The molecule has 0 radical (unpaired) electrons. The summed E-state index contributed by atoms with van der Waals surface area (Å²) in [6.45, 7) is 0.0612. The van der Waals surface area contributed by atoms with E-state index in [1.54, 1.807) is 12.1 Å². The smallest absolute Gasteiger partial charge is 0.183 e.